The van der Waals surface area contributed by atoms with Crippen molar-refractivity contribution < 1.29 is 9.59 Å². The Morgan fingerprint density at radius 3 is 2.56 bits per heavy atom. The van der Waals surface area contributed by atoms with Crippen molar-refractivity contribution in [3.05, 3.63) is 0 Å². The van der Waals surface area contributed by atoms with Crippen LogP contribution in [0.3, 0.4) is 0 Å². The molecular weight excluding hydrogens is 208 g/mol. The molecule has 0 aromatic rings. The minimum Gasteiger partial charge on any atom is -0.353 e. The van der Waals surface area contributed by atoms with Gasteiger partial charge in [-0.15, -0.1) is 0 Å². The predicted octanol–water partition coefficient (Wildman–Crippen LogP) is -1.73. The molecule has 0 aromatic heterocycles. The Morgan fingerprint density at radius 2 is 2.00 bits per heavy atom. The van der Waals surface area contributed by atoms with Crippen molar-refractivity contribution in [2.24, 2.45) is 5.73 Å². The van der Waals surface area contributed by atoms with Gasteiger partial charge in [-0.05, 0) is 19.9 Å². The van der Waals surface area contributed by atoms with Crippen molar-refractivity contribution in [3.8, 4) is 0 Å². The number of hydrogen-bond acceptors (Lipinski definition) is 4. The van der Waals surface area contributed by atoms with Gasteiger partial charge in [0.05, 0.1) is 13.1 Å². The van der Waals surface area contributed by atoms with Crippen molar-refractivity contribution in [3.63, 3.8) is 0 Å². The normalized spacial score (nSPS) is 14.9. The van der Waals surface area contributed by atoms with Gasteiger partial charge in [-0.3, -0.25) is 9.59 Å². The van der Waals surface area contributed by atoms with Crippen LogP contribution in [0.5, 0.6) is 0 Å². The van der Waals surface area contributed by atoms with E-state index in [9.17, 15) is 9.59 Å². The molecule has 1 aliphatic carbocycles. The molecule has 0 saturated heterocycles. The number of carbonyl (C=O) groups excluding carboxylic acids is 2. The largest absolute Gasteiger partial charge is 0.353 e. The molecule has 0 radical (unpaired) electrons. The van der Waals surface area contributed by atoms with Crippen LogP contribution in [0.4, 0.5) is 0 Å². The maximum absolute atomic E-state index is 11.2. The molecule has 16 heavy (non-hydrogen) atoms. The summed E-state index contributed by atoms with van der Waals surface area (Å²) in [7, 11) is 2.06. The Bertz CT molecular complexity index is 253. The summed E-state index contributed by atoms with van der Waals surface area (Å²) in [5, 5.41) is 5.16. The van der Waals surface area contributed by atoms with Crippen molar-refractivity contribution in [2.45, 2.75) is 18.9 Å². The van der Waals surface area contributed by atoms with Gasteiger partial charge >= 0.3 is 0 Å². The minimum absolute atomic E-state index is 0.00315. The topological polar surface area (TPSA) is 87.5 Å². The van der Waals surface area contributed by atoms with E-state index in [1.807, 2.05) is 0 Å². The van der Waals surface area contributed by atoms with E-state index in [-0.39, 0.29) is 24.9 Å². The standard InChI is InChI=1S/C10H20N4O2/c1-14(8-2-3-8)5-4-12-10(16)7-13-9(15)6-11/h8H,2-7,11H2,1H3,(H,12,16)(H,13,15). The molecule has 92 valence electrons. The highest BCUT2D eigenvalue weighted by atomic mass is 16.2. The van der Waals surface area contributed by atoms with Gasteiger partial charge in [-0.1, -0.05) is 0 Å². The Morgan fingerprint density at radius 1 is 1.31 bits per heavy atom. The van der Waals surface area contributed by atoms with Crippen LogP contribution in [0.2, 0.25) is 0 Å². The van der Waals surface area contributed by atoms with E-state index in [0.29, 0.717) is 12.6 Å². The van der Waals surface area contributed by atoms with Crippen LogP contribution in [0, 0.1) is 0 Å². The lowest BCUT2D eigenvalue weighted by molar-refractivity contribution is -0.125. The maximum Gasteiger partial charge on any atom is 0.239 e. The lowest BCUT2D eigenvalue weighted by Gasteiger charge is -2.15. The van der Waals surface area contributed by atoms with Crippen molar-refractivity contribution >= 4 is 11.8 Å². The first-order valence-corrected chi connectivity index (χ1v) is 5.57. The average molecular weight is 228 g/mol. The maximum atomic E-state index is 11.2. The first-order chi connectivity index (χ1) is 7.63. The SMILES string of the molecule is CN(CCNC(=O)CNC(=O)CN)C1CC1. The third-order valence-electron chi connectivity index (χ3n) is 2.59. The van der Waals surface area contributed by atoms with E-state index in [2.05, 4.69) is 22.6 Å². The summed E-state index contributed by atoms with van der Waals surface area (Å²) in [5.41, 5.74) is 5.09. The van der Waals surface area contributed by atoms with E-state index >= 15 is 0 Å². The molecule has 0 bridgehead atoms. The van der Waals surface area contributed by atoms with E-state index < -0.39 is 0 Å². The molecule has 0 spiro atoms. The summed E-state index contributed by atoms with van der Waals surface area (Å²) in [6, 6.07) is 0.703. The van der Waals surface area contributed by atoms with Gasteiger partial charge in [0.1, 0.15) is 0 Å². The number of amides is 2. The summed E-state index contributed by atoms with van der Waals surface area (Å²) < 4.78 is 0. The Hall–Kier alpha value is -1.14. The molecule has 1 rings (SSSR count). The summed E-state index contributed by atoms with van der Waals surface area (Å²) in [6.07, 6.45) is 2.52. The number of nitrogens with one attached hydrogen (secondary N) is 2. The average Bonchev–Trinajstić information content (AvgIpc) is 3.09. The van der Waals surface area contributed by atoms with Crippen LogP contribution >= 0.6 is 0 Å². The second-order valence-electron chi connectivity index (χ2n) is 4.04. The van der Waals surface area contributed by atoms with Crippen LogP contribution in [0.1, 0.15) is 12.8 Å². The number of hydrogen-bond donors (Lipinski definition) is 3. The number of nitrogens with zero attached hydrogens (tertiary/aromatic N) is 1. The molecule has 0 atom stereocenters. The zero-order valence-corrected chi connectivity index (χ0v) is 9.66. The van der Waals surface area contributed by atoms with Gasteiger partial charge < -0.3 is 21.3 Å². The van der Waals surface area contributed by atoms with Crippen molar-refractivity contribution in [1.82, 2.24) is 15.5 Å². The molecule has 0 heterocycles. The molecule has 1 saturated carbocycles. The minimum atomic E-state index is -0.315. The van der Waals surface area contributed by atoms with E-state index in [1.165, 1.54) is 12.8 Å². The van der Waals surface area contributed by atoms with Crippen molar-refractivity contribution in [2.75, 3.05) is 33.2 Å². The summed E-state index contributed by atoms with van der Waals surface area (Å²) in [4.78, 5) is 24.3. The highest BCUT2D eigenvalue weighted by Gasteiger charge is 2.25. The zero-order valence-electron chi connectivity index (χ0n) is 9.66. The quantitative estimate of drug-likeness (QED) is 0.483. The van der Waals surface area contributed by atoms with Crippen LogP contribution in [0.25, 0.3) is 0 Å². The fraction of sp³-hybridized carbons (Fsp3) is 0.800. The number of nitrogens with two attached hydrogens (primary N) is 1. The van der Waals surface area contributed by atoms with Crippen molar-refractivity contribution in [1.29, 1.82) is 0 Å². The van der Waals surface area contributed by atoms with Crippen LogP contribution < -0.4 is 16.4 Å². The molecule has 6 nitrogen and oxygen atoms in total. The highest BCUT2D eigenvalue weighted by molar-refractivity contribution is 5.85. The van der Waals surface area contributed by atoms with Gasteiger partial charge in [0.2, 0.25) is 11.8 Å². The molecule has 6 heteroatoms. The number of likely N-dealkylation sites (N-methyl/N-ethyl adjacent to an activating group) is 1. The monoisotopic (exact) mass is 228 g/mol. The molecule has 4 N–H and O–H groups in total. The van der Waals surface area contributed by atoms with Gasteiger partial charge in [-0.25, -0.2) is 0 Å². The lowest BCUT2D eigenvalue weighted by atomic mass is 10.4. The van der Waals surface area contributed by atoms with Gasteiger partial charge in [-0.2, -0.15) is 0 Å². The second kappa shape index (κ2) is 6.44. The van der Waals surface area contributed by atoms with E-state index in [0.717, 1.165) is 6.54 Å². The van der Waals surface area contributed by atoms with E-state index in [1.54, 1.807) is 0 Å². The summed E-state index contributed by atoms with van der Waals surface area (Å²) in [5.74, 6) is -0.490. The molecule has 2 amide bonds. The molecule has 0 aromatic carbocycles. The smallest absolute Gasteiger partial charge is 0.239 e. The summed E-state index contributed by atoms with van der Waals surface area (Å²) >= 11 is 0. The third-order valence-corrected chi connectivity index (χ3v) is 2.59. The fourth-order valence-electron chi connectivity index (χ4n) is 1.38. The van der Waals surface area contributed by atoms with Crippen LogP contribution in [-0.4, -0.2) is 56.0 Å². The van der Waals surface area contributed by atoms with Gasteiger partial charge in [0, 0.05) is 19.1 Å². The molecule has 0 unspecified atom stereocenters. The second-order valence-corrected chi connectivity index (χ2v) is 4.04. The van der Waals surface area contributed by atoms with Crippen LogP contribution in [0.15, 0.2) is 0 Å². The van der Waals surface area contributed by atoms with Gasteiger partial charge in [0.15, 0.2) is 0 Å². The Balaban J connectivity index is 1.99. The fourth-order valence-corrected chi connectivity index (χ4v) is 1.38. The summed E-state index contributed by atoms with van der Waals surface area (Å²) in [6.45, 7) is 1.38. The highest BCUT2D eigenvalue weighted by Crippen LogP contribution is 2.24. The Kier molecular flexibility index (Phi) is 5.21. The predicted molar refractivity (Wildman–Crippen MR) is 60.7 cm³/mol. The molecule has 0 aliphatic heterocycles. The molecular formula is C10H20N4O2. The van der Waals surface area contributed by atoms with Crippen LogP contribution in [-0.2, 0) is 9.59 Å². The number of carbonyl (C=O) groups is 2. The van der Waals surface area contributed by atoms with Gasteiger partial charge in [0.25, 0.3) is 0 Å². The molecule has 1 aliphatic rings. The lowest BCUT2D eigenvalue weighted by Crippen LogP contribution is -2.41. The zero-order chi connectivity index (χ0) is 12.0. The first kappa shape index (κ1) is 12.9. The molecule has 1 fully saturated rings. The first-order valence-electron chi connectivity index (χ1n) is 5.57. The third kappa shape index (κ3) is 5.09. The number of rotatable bonds is 7. The Labute approximate surface area is 95.5 Å². The van der Waals surface area contributed by atoms with E-state index in [4.69, 9.17) is 5.73 Å².